The Morgan fingerprint density at radius 3 is 2.58 bits per heavy atom. The molecule has 31 heavy (non-hydrogen) atoms. The SMILES string of the molecule is NCC#Cc1ccnc(N2CCN(C(=O)N3N=CCC3c3cc(F)cc(F)c3)CC2)c1. The average Bonchev–Trinajstić information content (AvgIpc) is 3.27. The normalized spacial score (nSPS) is 18.2. The van der Waals surface area contributed by atoms with Crippen molar-refractivity contribution in [1.29, 1.82) is 0 Å². The van der Waals surface area contributed by atoms with Crippen LogP contribution >= 0.6 is 0 Å². The van der Waals surface area contributed by atoms with Crippen LogP contribution in [-0.2, 0) is 0 Å². The highest BCUT2D eigenvalue weighted by Crippen LogP contribution is 2.30. The molecule has 0 radical (unpaired) electrons. The number of pyridine rings is 1. The van der Waals surface area contributed by atoms with Crippen molar-refractivity contribution in [2.75, 3.05) is 37.6 Å². The second kappa shape index (κ2) is 9.10. The molecule has 9 heteroatoms. The van der Waals surface area contributed by atoms with Gasteiger partial charge in [-0.1, -0.05) is 11.8 Å². The Labute approximate surface area is 179 Å². The van der Waals surface area contributed by atoms with Crippen LogP contribution in [0.2, 0.25) is 0 Å². The second-order valence-corrected chi connectivity index (χ2v) is 7.26. The van der Waals surface area contributed by atoms with Gasteiger partial charge in [0, 0.05) is 56.6 Å². The summed E-state index contributed by atoms with van der Waals surface area (Å²) in [5.74, 6) is 5.27. The van der Waals surface area contributed by atoms with Gasteiger partial charge >= 0.3 is 6.03 Å². The van der Waals surface area contributed by atoms with E-state index in [-0.39, 0.29) is 6.03 Å². The van der Waals surface area contributed by atoms with Gasteiger partial charge in [0.25, 0.3) is 0 Å². The van der Waals surface area contributed by atoms with E-state index in [1.54, 1.807) is 17.3 Å². The number of hydrazone groups is 1. The Kier molecular flexibility index (Phi) is 6.09. The van der Waals surface area contributed by atoms with E-state index in [0.717, 1.165) is 17.4 Å². The molecule has 2 aliphatic rings. The lowest BCUT2D eigenvalue weighted by molar-refractivity contribution is 0.139. The number of hydrogen-bond donors (Lipinski definition) is 1. The van der Waals surface area contributed by atoms with Gasteiger partial charge in [-0.05, 0) is 29.8 Å². The second-order valence-electron chi connectivity index (χ2n) is 7.26. The van der Waals surface area contributed by atoms with Crippen molar-refractivity contribution in [3.8, 4) is 11.8 Å². The van der Waals surface area contributed by atoms with Gasteiger partial charge in [-0.15, -0.1) is 0 Å². The molecule has 0 saturated carbocycles. The molecular weight excluding hydrogens is 402 g/mol. The van der Waals surface area contributed by atoms with E-state index in [9.17, 15) is 13.6 Å². The zero-order valence-corrected chi connectivity index (χ0v) is 16.8. The van der Waals surface area contributed by atoms with Gasteiger partial charge in [-0.2, -0.15) is 5.10 Å². The smallest absolute Gasteiger partial charge is 0.341 e. The lowest BCUT2D eigenvalue weighted by atomic mass is 10.0. The highest BCUT2D eigenvalue weighted by molar-refractivity contribution is 5.78. The molecule has 2 N–H and O–H groups in total. The quantitative estimate of drug-likeness (QED) is 0.751. The number of halogens is 2. The number of anilines is 1. The summed E-state index contributed by atoms with van der Waals surface area (Å²) in [6.07, 6.45) is 3.71. The molecule has 2 aliphatic heterocycles. The lowest BCUT2D eigenvalue weighted by Crippen LogP contribution is -2.52. The number of carbonyl (C=O) groups excluding carboxylic acids is 1. The van der Waals surface area contributed by atoms with Crippen molar-refractivity contribution >= 4 is 18.1 Å². The van der Waals surface area contributed by atoms with Crippen LogP contribution in [0.25, 0.3) is 0 Å². The zero-order valence-electron chi connectivity index (χ0n) is 16.8. The first kappa shape index (κ1) is 20.8. The van der Waals surface area contributed by atoms with Crippen LogP contribution in [0.3, 0.4) is 0 Å². The molecule has 1 fully saturated rings. The van der Waals surface area contributed by atoms with Crippen LogP contribution in [-0.4, -0.2) is 59.9 Å². The molecule has 0 bridgehead atoms. The number of rotatable bonds is 2. The number of benzene rings is 1. The Bertz CT molecular complexity index is 1040. The molecule has 1 atom stereocenters. The fourth-order valence-electron chi connectivity index (χ4n) is 3.74. The average molecular weight is 424 g/mol. The summed E-state index contributed by atoms with van der Waals surface area (Å²) in [5.41, 5.74) is 6.65. The Morgan fingerprint density at radius 1 is 1.13 bits per heavy atom. The number of nitrogens with zero attached hydrogens (tertiary/aromatic N) is 5. The molecule has 4 rings (SSSR count). The first-order chi connectivity index (χ1) is 15.0. The molecule has 2 amide bonds. The Balaban J connectivity index is 1.41. The van der Waals surface area contributed by atoms with E-state index in [1.807, 2.05) is 12.1 Å². The minimum Gasteiger partial charge on any atom is -0.353 e. The predicted octanol–water partition coefficient (Wildman–Crippen LogP) is 2.34. The van der Waals surface area contributed by atoms with Gasteiger partial charge in [0.05, 0.1) is 12.6 Å². The molecule has 2 aromatic rings. The molecule has 3 heterocycles. The van der Waals surface area contributed by atoms with E-state index >= 15 is 0 Å². The molecule has 0 spiro atoms. The number of nitrogens with two attached hydrogens (primary N) is 1. The predicted molar refractivity (Wildman–Crippen MR) is 113 cm³/mol. The van der Waals surface area contributed by atoms with Crippen LogP contribution in [0.1, 0.15) is 23.6 Å². The van der Waals surface area contributed by atoms with Crippen molar-refractivity contribution < 1.29 is 13.6 Å². The van der Waals surface area contributed by atoms with Gasteiger partial charge in [-0.3, -0.25) is 0 Å². The van der Waals surface area contributed by atoms with Gasteiger partial charge in [0.1, 0.15) is 17.5 Å². The third-order valence-corrected chi connectivity index (χ3v) is 5.25. The standard InChI is InChI=1S/C22H22F2N6O/c23-18-13-17(14-19(24)15-18)20-4-7-27-30(20)22(31)29-10-8-28(9-11-29)21-12-16(2-1-5-25)3-6-26-21/h3,6-7,12-15,20H,4-5,8-11,25H2. The van der Waals surface area contributed by atoms with Gasteiger partial charge < -0.3 is 15.5 Å². The monoisotopic (exact) mass is 424 g/mol. The number of carbonyl (C=O) groups is 1. The molecular formula is C22H22F2N6O. The first-order valence-corrected chi connectivity index (χ1v) is 10.0. The number of amides is 2. The van der Waals surface area contributed by atoms with E-state index in [2.05, 4.69) is 26.8 Å². The van der Waals surface area contributed by atoms with Crippen molar-refractivity contribution in [2.45, 2.75) is 12.5 Å². The fraction of sp³-hybridized carbons (Fsp3) is 0.318. The third kappa shape index (κ3) is 4.64. The van der Waals surface area contributed by atoms with E-state index in [0.29, 0.717) is 44.7 Å². The van der Waals surface area contributed by atoms with E-state index < -0.39 is 17.7 Å². The van der Waals surface area contributed by atoms with Gasteiger partial charge in [0.2, 0.25) is 0 Å². The Morgan fingerprint density at radius 2 is 1.87 bits per heavy atom. The molecule has 160 valence electrons. The maximum atomic E-state index is 13.6. The lowest BCUT2D eigenvalue weighted by Gasteiger charge is -2.37. The van der Waals surface area contributed by atoms with Crippen LogP contribution in [0, 0.1) is 23.5 Å². The van der Waals surface area contributed by atoms with Gasteiger partial charge in [-0.25, -0.2) is 23.6 Å². The fourth-order valence-corrected chi connectivity index (χ4v) is 3.74. The summed E-state index contributed by atoms with van der Waals surface area (Å²) in [6, 6.07) is 6.23. The van der Waals surface area contributed by atoms with Crippen molar-refractivity contribution in [3.05, 3.63) is 59.3 Å². The minimum absolute atomic E-state index is 0.279. The molecule has 1 aromatic heterocycles. The first-order valence-electron chi connectivity index (χ1n) is 10.0. The Hall–Kier alpha value is -3.51. The summed E-state index contributed by atoms with van der Waals surface area (Å²) >= 11 is 0. The van der Waals surface area contributed by atoms with Crippen molar-refractivity contribution in [1.82, 2.24) is 14.9 Å². The third-order valence-electron chi connectivity index (χ3n) is 5.25. The maximum Gasteiger partial charge on any atom is 0.341 e. The summed E-state index contributed by atoms with van der Waals surface area (Å²) in [4.78, 5) is 21.2. The van der Waals surface area contributed by atoms with E-state index in [1.165, 1.54) is 17.1 Å². The topological polar surface area (TPSA) is 78.1 Å². The highest BCUT2D eigenvalue weighted by Gasteiger charge is 2.33. The zero-order chi connectivity index (χ0) is 21.8. The number of aromatic nitrogens is 1. The number of piperazine rings is 1. The largest absolute Gasteiger partial charge is 0.353 e. The van der Waals surface area contributed by atoms with Crippen LogP contribution < -0.4 is 10.6 Å². The molecule has 1 saturated heterocycles. The summed E-state index contributed by atoms with van der Waals surface area (Å²) in [5, 5.41) is 5.48. The number of urea groups is 1. The molecule has 1 aromatic carbocycles. The van der Waals surface area contributed by atoms with E-state index in [4.69, 9.17) is 5.73 Å². The minimum atomic E-state index is -0.672. The van der Waals surface area contributed by atoms with Crippen molar-refractivity contribution in [3.63, 3.8) is 0 Å². The summed E-state index contributed by atoms with van der Waals surface area (Å²) in [6.45, 7) is 2.46. The van der Waals surface area contributed by atoms with Crippen LogP contribution in [0.15, 0.2) is 41.6 Å². The van der Waals surface area contributed by atoms with Crippen LogP contribution in [0.4, 0.5) is 19.4 Å². The summed E-state index contributed by atoms with van der Waals surface area (Å²) < 4.78 is 27.3. The van der Waals surface area contributed by atoms with Crippen molar-refractivity contribution in [2.24, 2.45) is 10.8 Å². The number of hydrogen-bond acceptors (Lipinski definition) is 5. The molecule has 0 aliphatic carbocycles. The molecule has 1 unspecified atom stereocenters. The van der Waals surface area contributed by atoms with Crippen LogP contribution in [0.5, 0.6) is 0 Å². The maximum absolute atomic E-state index is 13.6. The molecule has 7 nitrogen and oxygen atoms in total. The highest BCUT2D eigenvalue weighted by atomic mass is 19.1. The summed E-state index contributed by atoms with van der Waals surface area (Å²) in [7, 11) is 0. The van der Waals surface area contributed by atoms with Gasteiger partial charge in [0.15, 0.2) is 0 Å².